The number of ether oxygens (including phenoxy) is 1. The number of H-pyrrole nitrogens is 1. The van der Waals surface area contributed by atoms with E-state index in [1.807, 2.05) is 24.4 Å². The number of aliphatic imine (C=N–C) groups is 1. The van der Waals surface area contributed by atoms with Crippen molar-refractivity contribution in [3.05, 3.63) is 47.0 Å². The molecule has 0 saturated carbocycles. The highest BCUT2D eigenvalue weighted by Gasteiger charge is 2.33. The predicted molar refractivity (Wildman–Crippen MR) is 94.8 cm³/mol. The van der Waals surface area contributed by atoms with Crippen molar-refractivity contribution >= 4 is 39.7 Å². The molecule has 24 heavy (non-hydrogen) atoms. The van der Waals surface area contributed by atoms with Crippen LogP contribution in [0, 0.1) is 0 Å². The van der Waals surface area contributed by atoms with Crippen LogP contribution in [0.4, 0.5) is 0 Å². The Bertz CT molecular complexity index is 854. The van der Waals surface area contributed by atoms with Gasteiger partial charge < -0.3 is 9.72 Å². The van der Waals surface area contributed by atoms with Gasteiger partial charge in [-0.1, -0.05) is 18.2 Å². The number of nitrogens with zero attached hydrogens (tertiary/aromatic N) is 2. The first-order valence-corrected chi connectivity index (χ1v) is 8.27. The van der Waals surface area contributed by atoms with Gasteiger partial charge in [-0.15, -0.1) is 0 Å². The van der Waals surface area contributed by atoms with E-state index in [-0.39, 0.29) is 5.91 Å². The maximum absolute atomic E-state index is 12.5. The standard InChI is InChI=1S/C17H17N3O3S/c1-18-17-20(16(22)14(24-17)9-15(21)23-2)8-7-11-10-19-13-6-4-3-5-12(11)13/h3-6,9-10,19H,7-8H2,1-2H3. The smallest absolute Gasteiger partial charge is 0.331 e. The van der Waals surface area contributed by atoms with E-state index in [0.29, 0.717) is 23.0 Å². The van der Waals surface area contributed by atoms with Gasteiger partial charge in [-0.3, -0.25) is 14.7 Å². The van der Waals surface area contributed by atoms with Crippen molar-refractivity contribution in [2.75, 3.05) is 20.7 Å². The van der Waals surface area contributed by atoms with E-state index in [2.05, 4.69) is 20.8 Å². The lowest BCUT2D eigenvalue weighted by Crippen LogP contribution is -2.31. The molecule has 6 nitrogen and oxygen atoms in total. The molecule has 0 radical (unpaired) electrons. The Balaban J connectivity index is 1.77. The van der Waals surface area contributed by atoms with Gasteiger partial charge >= 0.3 is 5.97 Å². The average Bonchev–Trinajstić information content (AvgIpc) is 3.14. The Morgan fingerprint density at radius 2 is 2.21 bits per heavy atom. The number of benzene rings is 1. The van der Waals surface area contributed by atoms with Gasteiger partial charge in [0.1, 0.15) is 0 Å². The van der Waals surface area contributed by atoms with E-state index < -0.39 is 5.97 Å². The van der Waals surface area contributed by atoms with Crippen LogP contribution in [0.2, 0.25) is 0 Å². The van der Waals surface area contributed by atoms with Gasteiger partial charge in [0.15, 0.2) is 5.17 Å². The summed E-state index contributed by atoms with van der Waals surface area (Å²) in [4.78, 5) is 33.2. The van der Waals surface area contributed by atoms with Crippen LogP contribution < -0.4 is 0 Å². The highest BCUT2D eigenvalue weighted by Crippen LogP contribution is 2.31. The molecule has 1 aliphatic heterocycles. The zero-order chi connectivity index (χ0) is 17.1. The van der Waals surface area contributed by atoms with Crippen LogP contribution in [0.3, 0.4) is 0 Å². The van der Waals surface area contributed by atoms with Crippen molar-refractivity contribution in [1.29, 1.82) is 0 Å². The molecular formula is C17H17N3O3S. The fraction of sp³-hybridized carbons (Fsp3) is 0.235. The third-order valence-electron chi connectivity index (χ3n) is 3.81. The van der Waals surface area contributed by atoms with Crippen molar-refractivity contribution in [3.63, 3.8) is 0 Å². The zero-order valence-electron chi connectivity index (χ0n) is 13.4. The molecule has 1 amide bonds. The number of nitrogens with one attached hydrogen (secondary N) is 1. The molecule has 2 heterocycles. The molecule has 1 aromatic carbocycles. The number of amides is 1. The molecule has 1 saturated heterocycles. The number of para-hydroxylation sites is 1. The van der Waals surface area contributed by atoms with Crippen molar-refractivity contribution in [2.24, 2.45) is 4.99 Å². The number of esters is 1. The first-order chi connectivity index (χ1) is 11.6. The predicted octanol–water partition coefficient (Wildman–Crippen LogP) is 2.33. The van der Waals surface area contributed by atoms with Gasteiger partial charge in [0, 0.05) is 36.8 Å². The third kappa shape index (κ3) is 3.07. The van der Waals surface area contributed by atoms with Crippen molar-refractivity contribution in [1.82, 2.24) is 9.88 Å². The SMILES string of the molecule is CN=C1SC(=CC(=O)OC)C(=O)N1CCc1c[nH]c2ccccc12. The van der Waals surface area contributed by atoms with Crippen molar-refractivity contribution in [3.8, 4) is 0 Å². The number of aromatic amines is 1. The highest BCUT2D eigenvalue weighted by molar-refractivity contribution is 8.18. The summed E-state index contributed by atoms with van der Waals surface area (Å²) in [6.45, 7) is 0.499. The molecular weight excluding hydrogens is 326 g/mol. The second-order valence-electron chi connectivity index (χ2n) is 5.21. The highest BCUT2D eigenvalue weighted by atomic mass is 32.2. The number of hydrogen-bond donors (Lipinski definition) is 1. The van der Waals surface area contributed by atoms with Gasteiger partial charge in [0.25, 0.3) is 5.91 Å². The van der Waals surface area contributed by atoms with Crippen LogP contribution in [0.1, 0.15) is 5.56 Å². The number of amidine groups is 1. The third-order valence-corrected chi connectivity index (χ3v) is 4.91. The molecule has 3 rings (SSSR count). The number of fused-ring (bicyclic) bond motifs is 1. The van der Waals surface area contributed by atoms with Gasteiger partial charge in [0.2, 0.25) is 0 Å². The Morgan fingerprint density at radius 3 is 2.96 bits per heavy atom. The number of carbonyl (C=O) groups excluding carboxylic acids is 2. The van der Waals surface area contributed by atoms with E-state index >= 15 is 0 Å². The lowest BCUT2D eigenvalue weighted by Gasteiger charge is -2.14. The average molecular weight is 343 g/mol. The van der Waals surface area contributed by atoms with Crippen LogP contribution in [-0.4, -0.2) is 47.6 Å². The molecule has 1 aromatic heterocycles. The lowest BCUT2D eigenvalue weighted by molar-refractivity contribution is -0.135. The number of thioether (sulfide) groups is 1. The van der Waals surface area contributed by atoms with Crippen LogP contribution in [0.5, 0.6) is 0 Å². The second kappa shape index (κ2) is 6.92. The van der Waals surface area contributed by atoms with E-state index in [4.69, 9.17) is 0 Å². The molecule has 0 unspecified atom stereocenters. The lowest BCUT2D eigenvalue weighted by atomic mass is 10.1. The number of carbonyl (C=O) groups is 2. The van der Waals surface area contributed by atoms with Crippen LogP contribution in [0.25, 0.3) is 10.9 Å². The van der Waals surface area contributed by atoms with Gasteiger partial charge in [-0.25, -0.2) is 4.79 Å². The Labute approximate surface area is 143 Å². The maximum Gasteiger partial charge on any atom is 0.331 e. The molecule has 0 aliphatic carbocycles. The largest absolute Gasteiger partial charge is 0.466 e. The van der Waals surface area contributed by atoms with Crippen molar-refractivity contribution in [2.45, 2.75) is 6.42 Å². The molecule has 0 atom stereocenters. The summed E-state index contributed by atoms with van der Waals surface area (Å²) in [5.74, 6) is -0.759. The summed E-state index contributed by atoms with van der Waals surface area (Å²) >= 11 is 1.19. The van der Waals surface area contributed by atoms with Crippen molar-refractivity contribution < 1.29 is 14.3 Å². The van der Waals surface area contributed by atoms with E-state index in [1.165, 1.54) is 24.9 Å². The van der Waals surface area contributed by atoms with Gasteiger partial charge in [0.05, 0.1) is 12.0 Å². The topological polar surface area (TPSA) is 74.8 Å². The summed E-state index contributed by atoms with van der Waals surface area (Å²) in [5, 5.41) is 1.74. The molecule has 0 spiro atoms. The first kappa shape index (κ1) is 16.3. The quantitative estimate of drug-likeness (QED) is 0.683. The number of rotatable bonds is 4. The van der Waals surface area contributed by atoms with E-state index in [1.54, 1.807) is 11.9 Å². The monoisotopic (exact) mass is 343 g/mol. The van der Waals surface area contributed by atoms with E-state index in [9.17, 15) is 9.59 Å². The minimum absolute atomic E-state index is 0.217. The molecule has 1 aliphatic rings. The number of hydrogen-bond acceptors (Lipinski definition) is 5. The van der Waals surface area contributed by atoms with E-state index in [0.717, 1.165) is 16.5 Å². The van der Waals surface area contributed by atoms with Crippen LogP contribution in [-0.2, 0) is 20.7 Å². The first-order valence-electron chi connectivity index (χ1n) is 7.45. The zero-order valence-corrected chi connectivity index (χ0v) is 14.2. The fourth-order valence-electron chi connectivity index (χ4n) is 2.61. The minimum atomic E-state index is -0.542. The summed E-state index contributed by atoms with van der Waals surface area (Å²) in [6.07, 6.45) is 3.87. The second-order valence-corrected chi connectivity index (χ2v) is 6.22. The molecule has 7 heteroatoms. The van der Waals surface area contributed by atoms with Crippen LogP contribution >= 0.6 is 11.8 Å². The molecule has 1 fully saturated rings. The summed E-state index contributed by atoms with van der Waals surface area (Å²) in [6, 6.07) is 8.05. The van der Waals surface area contributed by atoms with Crippen LogP contribution in [0.15, 0.2) is 46.4 Å². The number of methoxy groups -OCH3 is 1. The Kier molecular flexibility index (Phi) is 4.71. The van der Waals surface area contributed by atoms with Gasteiger partial charge in [-0.2, -0.15) is 0 Å². The normalized spacial score (nSPS) is 18.1. The molecule has 2 aromatic rings. The maximum atomic E-state index is 12.5. The Morgan fingerprint density at radius 1 is 1.42 bits per heavy atom. The minimum Gasteiger partial charge on any atom is -0.466 e. The molecule has 0 bridgehead atoms. The fourth-order valence-corrected chi connectivity index (χ4v) is 3.53. The Hall–Kier alpha value is -2.54. The molecule has 1 N–H and O–H groups in total. The summed E-state index contributed by atoms with van der Waals surface area (Å²) in [5.41, 5.74) is 2.22. The number of aromatic nitrogens is 1. The molecule has 124 valence electrons. The summed E-state index contributed by atoms with van der Waals surface area (Å²) < 4.78 is 4.59. The summed E-state index contributed by atoms with van der Waals surface area (Å²) in [7, 11) is 2.92. The van der Waals surface area contributed by atoms with Gasteiger partial charge in [-0.05, 0) is 29.8 Å².